The summed E-state index contributed by atoms with van der Waals surface area (Å²) >= 11 is 1.06. The van der Waals surface area contributed by atoms with Crippen molar-refractivity contribution >= 4 is 32.9 Å². The van der Waals surface area contributed by atoms with E-state index in [1.54, 1.807) is 43.6 Å². The molecule has 0 bridgehead atoms. The Morgan fingerprint density at radius 3 is 2.73 bits per heavy atom. The fourth-order valence-electron chi connectivity index (χ4n) is 2.85. The molecule has 0 fully saturated rings. The lowest BCUT2D eigenvalue weighted by Gasteiger charge is -2.13. The number of aryl methyl sites for hydroxylation is 1. The molecule has 0 amide bonds. The highest BCUT2D eigenvalue weighted by Gasteiger charge is 2.26. The van der Waals surface area contributed by atoms with Gasteiger partial charge in [0.1, 0.15) is 10.0 Å². The Bertz CT molecular complexity index is 1190. The number of Topliss-reactive ketones (excluding diaryl/α,β-unsaturated/α-hetero) is 1. The fourth-order valence-corrected chi connectivity index (χ4v) is 5.37. The molecule has 0 saturated heterocycles. The number of pyridine rings is 1. The maximum Gasteiger partial charge on any atom is 0.250 e. The van der Waals surface area contributed by atoms with Crippen LogP contribution in [-0.2, 0) is 21.2 Å². The van der Waals surface area contributed by atoms with Gasteiger partial charge in [0.2, 0.25) is 0 Å². The molecule has 2 aromatic heterocycles. The summed E-state index contributed by atoms with van der Waals surface area (Å²) in [5, 5.41) is 8.00. The fraction of sp³-hybridized carbons (Fsp3) is 0.190. The van der Waals surface area contributed by atoms with Gasteiger partial charge in [-0.1, -0.05) is 23.8 Å². The number of hydrogen-bond donors (Lipinski definition) is 2. The molecule has 2 heterocycles. The molecule has 0 spiro atoms. The Morgan fingerprint density at radius 1 is 1.27 bits per heavy atom. The summed E-state index contributed by atoms with van der Waals surface area (Å²) in [4.78, 5) is 17.2. The molecule has 3 rings (SSSR count). The van der Waals surface area contributed by atoms with Crippen LogP contribution < -0.4 is 4.72 Å². The summed E-state index contributed by atoms with van der Waals surface area (Å²) in [5.41, 5.74) is 1.46. The van der Waals surface area contributed by atoms with Crippen molar-refractivity contribution in [2.24, 2.45) is 0 Å². The topological polar surface area (TPSA) is 100.0 Å². The van der Waals surface area contributed by atoms with Crippen molar-refractivity contribution < 1.29 is 17.6 Å². The van der Waals surface area contributed by atoms with E-state index in [2.05, 4.69) is 9.71 Å². The molecule has 0 aliphatic carbocycles. The van der Waals surface area contributed by atoms with Gasteiger partial charge >= 0.3 is 0 Å². The largest absolute Gasteiger partial charge is 0.301 e. The van der Waals surface area contributed by atoms with Gasteiger partial charge in [0.15, 0.2) is 5.78 Å². The molecule has 3 aromatic rings. The summed E-state index contributed by atoms with van der Waals surface area (Å²) in [7, 11) is -3.96. The van der Waals surface area contributed by atoms with Gasteiger partial charge in [0.25, 0.3) is 10.0 Å². The van der Waals surface area contributed by atoms with Gasteiger partial charge in [-0.05, 0) is 43.7 Å². The smallest absolute Gasteiger partial charge is 0.250 e. The van der Waals surface area contributed by atoms with Crippen LogP contribution in [0.5, 0.6) is 0 Å². The van der Waals surface area contributed by atoms with Gasteiger partial charge in [-0.25, -0.2) is 12.8 Å². The first kappa shape index (κ1) is 21.9. The number of ketones is 1. The average molecular weight is 446 g/mol. The Kier molecular flexibility index (Phi) is 6.55. The number of rotatable bonds is 8. The maximum absolute atomic E-state index is 13.9. The molecule has 0 unspecified atom stereocenters. The van der Waals surface area contributed by atoms with Crippen LogP contribution in [0.2, 0.25) is 0 Å². The van der Waals surface area contributed by atoms with E-state index in [9.17, 15) is 17.6 Å². The number of sulfonamides is 1. The van der Waals surface area contributed by atoms with Gasteiger partial charge in [-0.2, -0.15) is 4.72 Å². The van der Waals surface area contributed by atoms with Crippen molar-refractivity contribution in [2.45, 2.75) is 30.5 Å². The lowest BCUT2D eigenvalue weighted by molar-refractivity contribution is -0.114. The predicted octanol–water partition coefficient (Wildman–Crippen LogP) is 3.76. The molecule has 1 aromatic carbocycles. The number of thiophene rings is 1. The molecule has 2 N–H and O–H groups in total. The molecular weight excluding hydrogens is 425 g/mol. The summed E-state index contributed by atoms with van der Waals surface area (Å²) < 4.78 is 41.6. The van der Waals surface area contributed by atoms with Crippen LogP contribution in [0, 0.1) is 18.2 Å². The number of aromatic nitrogens is 1. The van der Waals surface area contributed by atoms with Gasteiger partial charge in [-0.3, -0.25) is 9.78 Å². The van der Waals surface area contributed by atoms with Crippen molar-refractivity contribution in [3.05, 3.63) is 71.8 Å². The number of hydrogen-bond acceptors (Lipinski definition) is 6. The highest BCUT2D eigenvalue weighted by Crippen LogP contribution is 2.30. The van der Waals surface area contributed by atoms with Crippen LogP contribution >= 0.6 is 11.3 Å². The number of benzene rings is 1. The summed E-state index contributed by atoms with van der Waals surface area (Å²) in [6.45, 7) is 3.16. The second-order valence-corrected chi connectivity index (χ2v) is 9.84. The summed E-state index contributed by atoms with van der Waals surface area (Å²) in [5.74, 6) is -1.21. The van der Waals surface area contributed by atoms with Crippen LogP contribution in [0.4, 0.5) is 4.39 Å². The van der Waals surface area contributed by atoms with E-state index in [0.717, 1.165) is 27.3 Å². The van der Waals surface area contributed by atoms with E-state index in [-0.39, 0.29) is 21.9 Å². The van der Waals surface area contributed by atoms with Crippen LogP contribution in [-0.4, -0.2) is 30.9 Å². The Hall–Kier alpha value is -2.75. The molecular formula is C21H20FN3O3S2. The summed E-state index contributed by atoms with van der Waals surface area (Å²) in [6.07, 6.45) is 3.05. The minimum absolute atomic E-state index is 0.0530. The molecule has 0 radical (unpaired) electrons. The third-order valence-corrected chi connectivity index (χ3v) is 7.55. The second-order valence-electron chi connectivity index (χ2n) is 6.82. The molecule has 0 aliphatic rings. The number of carbonyl (C=O) groups excluding carboxylic acids is 1. The maximum atomic E-state index is 13.9. The first-order valence-corrected chi connectivity index (χ1v) is 11.4. The number of nitrogens with zero attached hydrogens (tertiary/aromatic N) is 1. The normalized spacial score (nSPS) is 12.5. The van der Waals surface area contributed by atoms with Gasteiger partial charge < -0.3 is 5.41 Å². The molecule has 30 heavy (non-hydrogen) atoms. The molecule has 156 valence electrons. The van der Waals surface area contributed by atoms with E-state index < -0.39 is 27.7 Å². The molecule has 9 heteroatoms. The second kappa shape index (κ2) is 8.95. The Morgan fingerprint density at radius 2 is 2.03 bits per heavy atom. The molecule has 1 atom stereocenters. The first-order valence-electron chi connectivity index (χ1n) is 9.06. The van der Waals surface area contributed by atoms with Crippen molar-refractivity contribution in [2.75, 3.05) is 0 Å². The van der Waals surface area contributed by atoms with Crippen molar-refractivity contribution in [3.8, 4) is 10.4 Å². The first-order chi connectivity index (χ1) is 14.2. The highest BCUT2D eigenvalue weighted by atomic mass is 32.2. The van der Waals surface area contributed by atoms with E-state index in [4.69, 9.17) is 5.41 Å². The molecule has 0 aliphatic heterocycles. The van der Waals surface area contributed by atoms with Crippen LogP contribution in [0.25, 0.3) is 10.4 Å². The minimum Gasteiger partial charge on any atom is -0.301 e. The number of halogens is 1. The van der Waals surface area contributed by atoms with Crippen molar-refractivity contribution in [1.82, 2.24) is 9.71 Å². The SMILES string of the molecule is Cc1ccc(F)c(CC(=N)C(=O)[C@H](C)NS(=O)(=O)c2ccc(-c3cccnc3)s2)c1. The average Bonchev–Trinajstić information content (AvgIpc) is 3.22. The molecule has 0 saturated carbocycles. The van der Waals surface area contributed by atoms with Crippen molar-refractivity contribution in [1.29, 1.82) is 5.41 Å². The molecule has 6 nitrogen and oxygen atoms in total. The lowest BCUT2D eigenvalue weighted by atomic mass is 10.0. The van der Waals surface area contributed by atoms with E-state index in [1.165, 1.54) is 19.1 Å². The lowest BCUT2D eigenvalue weighted by Crippen LogP contribution is -2.41. The zero-order valence-electron chi connectivity index (χ0n) is 16.3. The predicted molar refractivity (Wildman–Crippen MR) is 115 cm³/mol. The highest BCUT2D eigenvalue weighted by molar-refractivity contribution is 7.91. The zero-order valence-corrected chi connectivity index (χ0v) is 18.0. The van der Waals surface area contributed by atoms with E-state index in [0.29, 0.717) is 0 Å². The van der Waals surface area contributed by atoms with E-state index in [1.807, 2.05) is 6.07 Å². The third kappa shape index (κ3) is 5.05. The van der Waals surface area contributed by atoms with Gasteiger partial charge in [-0.15, -0.1) is 11.3 Å². The summed E-state index contributed by atoms with van der Waals surface area (Å²) in [6, 6.07) is 10.0. The minimum atomic E-state index is -3.96. The van der Waals surface area contributed by atoms with Gasteiger partial charge in [0, 0.05) is 29.3 Å². The van der Waals surface area contributed by atoms with E-state index >= 15 is 0 Å². The zero-order chi connectivity index (χ0) is 21.9. The van der Waals surface area contributed by atoms with Crippen LogP contribution in [0.1, 0.15) is 18.1 Å². The quantitative estimate of drug-likeness (QED) is 0.516. The Labute approximate surface area is 178 Å². The number of nitrogens with one attached hydrogen (secondary N) is 2. The standard InChI is InChI=1S/C21H20FN3O3S2/c1-13-5-6-17(22)16(10-13)11-18(23)21(26)14(2)25-30(27,28)20-8-7-19(29-20)15-4-3-9-24-12-15/h3-10,12,14,23,25H,11H2,1-2H3/t14-/m0/s1. The third-order valence-electron chi connectivity index (χ3n) is 4.38. The number of carbonyl (C=O) groups is 1. The van der Waals surface area contributed by atoms with Gasteiger partial charge in [0.05, 0.1) is 11.8 Å². The van der Waals surface area contributed by atoms with Crippen molar-refractivity contribution in [3.63, 3.8) is 0 Å². The van der Waals surface area contributed by atoms with Crippen LogP contribution in [0.15, 0.2) is 59.1 Å². The monoisotopic (exact) mass is 445 g/mol. The Balaban J connectivity index is 1.70. The van der Waals surface area contributed by atoms with Crippen LogP contribution in [0.3, 0.4) is 0 Å².